The maximum absolute atomic E-state index is 10.3. The number of hydrogen-bond donors (Lipinski definition) is 0. The standard InChI is InChI=1S/C8H16O2Si.4CO.Fe/c1-8(9)10-6-5-7-11(2,3)4;4*1-2;/h5,7H,6H2,1-4H3;;;;;/b7-5-;;;;;. The molecule has 0 N–H and O–H groups in total. The van der Waals surface area contributed by atoms with Gasteiger partial charge >= 0.3 is 51.2 Å². The average Bonchev–Trinajstić information content (AvgIpc) is 2.43. The Bertz CT molecular complexity index is 275. The van der Waals surface area contributed by atoms with Gasteiger partial charge < -0.3 is 4.74 Å². The molecular weight excluding hydrogens is 324 g/mol. The third kappa shape index (κ3) is 89.7. The van der Waals surface area contributed by atoms with Crippen molar-refractivity contribution in [1.29, 1.82) is 0 Å². The molecule has 0 atom stereocenters. The van der Waals surface area contributed by atoms with E-state index in [9.17, 15) is 4.79 Å². The maximum atomic E-state index is 10.3. The van der Waals surface area contributed by atoms with Crippen molar-refractivity contribution in [1.82, 2.24) is 0 Å². The van der Waals surface area contributed by atoms with Crippen LogP contribution < -0.4 is 0 Å². The molecule has 0 heterocycles. The molecule has 6 nitrogen and oxygen atoms in total. The summed E-state index contributed by atoms with van der Waals surface area (Å²) >= 11 is 0. The van der Waals surface area contributed by atoms with Crippen molar-refractivity contribution < 1.29 is 45.2 Å². The van der Waals surface area contributed by atoms with Crippen LogP contribution in [0.5, 0.6) is 0 Å². The Kier molecular flexibility index (Phi) is 65.7. The van der Waals surface area contributed by atoms with Crippen LogP contribution in [0.15, 0.2) is 11.8 Å². The van der Waals surface area contributed by atoms with Crippen molar-refractivity contribution in [3.05, 3.63) is 38.4 Å². The van der Waals surface area contributed by atoms with E-state index < -0.39 is 8.07 Å². The van der Waals surface area contributed by atoms with Crippen molar-refractivity contribution in [3.63, 3.8) is 0 Å². The van der Waals surface area contributed by atoms with Gasteiger partial charge in [0.1, 0.15) is 6.61 Å². The van der Waals surface area contributed by atoms with E-state index in [0.717, 1.165) is 0 Å². The fourth-order valence-corrected chi connectivity index (χ4v) is 1.37. The molecule has 8 heteroatoms. The van der Waals surface area contributed by atoms with Gasteiger partial charge in [-0.3, -0.25) is 4.79 Å². The summed E-state index contributed by atoms with van der Waals surface area (Å²) in [5.74, 6) is -0.217. The topological polar surface area (TPSA) is 106 Å². The average molecular weight is 340 g/mol. The van der Waals surface area contributed by atoms with Crippen molar-refractivity contribution in [3.8, 4) is 0 Å². The van der Waals surface area contributed by atoms with E-state index in [-0.39, 0.29) is 23.0 Å². The third-order valence-electron chi connectivity index (χ3n) is 1.00. The quantitative estimate of drug-likeness (QED) is 0.338. The van der Waals surface area contributed by atoms with Gasteiger partial charge in [-0.05, 0) is 0 Å². The molecule has 0 saturated heterocycles. The largest absolute Gasteiger partial charge is 0 e. The zero-order chi connectivity index (χ0) is 16.9. The van der Waals surface area contributed by atoms with Crippen molar-refractivity contribution in [2.45, 2.75) is 26.6 Å². The first-order chi connectivity index (χ1) is 8.92. The molecule has 0 amide bonds. The summed E-state index contributed by atoms with van der Waals surface area (Å²) in [6.45, 7) is 26.5. The van der Waals surface area contributed by atoms with Gasteiger partial charge in [0.05, 0.1) is 8.07 Å². The molecule has 0 aliphatic carbocycles. The minimum Gasteiger partial charge on any atom is 0 e. The predicted molar refractivity (Wildman–Crippen MR) is 64.8 cm³/mol. The molecule has 0 fully saturated rings. The second kappa shape index (κ2) is 36.1. The van der Waals surface area contributed by atoms with Crippen molar-refractivity contribution in [2.75, 3.05) is 6.61 Å². The monoisotopic (exact) mass is 340 g/mol. The van der Waals surface area contributed by atoms with Gasteiger partial charge in [0, 0.05) is 24.0 Å². The maximum Gasteiger partial charge on any atom is 0 e. The van der Waals surface area contributed by atoms with Crippen molar-refractivity contribution in [2.24, 2.45) is 0 Å². The Morgan fingerprint density at radius 3 is 1.50 bits per heavy atom. The van der Waals surface area contributed by atoms with Gasteiger partial charge in [0.2, 0.25) is 0 Å². The summed E-state index contributed by atoms with van der Waals surface area (Å²) in [6, 6.07) is 0. The Labute approximate surface area is 131 Å². The van der Waals surface area contributed by atoms with Crippen LogP contribution in [0.1, 0.15) is 6.92 Å². The van der Waals surface area contributed by atoms with Gasteiger partial charge in [-0.1, -0.05) is 31.4 Å². The van der Waals surface area contributed by atoms with E-state index in [0.29, 0.717) is 6.61 Å². The molecule has 0 saturated carbocycles. The SMILES string of the molecule is CC(=O)OC/C=C\[Si](C)(C)C.[C-]#[O+].[C-]#[O+].[C-]#[O+].[C-]#[O+].[Fe]. The molecule has 0 radical (unpaired) electrons. The zero-order valence-corrected chi connectivity index (χ0v) is 13.8. The number of rotatable bonds is 3. The van der Waals surface area contributed by atoms with Crippen LogP contribution in [0.4, 0.5) is 0 Å². The van der Waals surface area contributed by atoms with E-state index in [2.05, 4.69) is 51.9 Å². The first kappa shape index (κ1) is 36.4. The van der Waals surface area contributed by atoms with Gasteiger partial charge in [-0.2, -0.15) is 0 Å². The predicted octanol–water partition coefficient (Wildman–Crippen LogP) is 1.83. The van der Waals surface area contributed by atoms with Gasteiger partial charge in [0.15, 0.2) is 0 Å². The van der Waals surface area contributed by atoms with Gasteiger partial charge in [-0.15, -0.1) is 0 Å². The van der Waals surface area contributed by atoms with Gasteiger partial charge in [-0.25, -0.2) is 0 Å². The van der Waals surface area contributed by atoms with Crippen LogP contribution in [-0.2, 0) is 45.2 Å². The Morgan fingerprint density at radius 1 is 1.00 bits per heavy atom. The van der Waals surface area contributed by atoms with Crippen LogP contribution in [0.25, 0.3) is 0 Å². The summed E-state index contributed by atoms with van der Waals surface area (Å²) in [4.78, 5) is 10.3. The molecule has 0 unspecified atom stereocenters. The second-order valence-electron chi connectivity index (χ2n) is 3.57. The molecule has 0 rings (SSSR count). The zero-order valence-electron chi connectivity index (χ0n) is 11.7. The summed E-state index contributed by atoms with van der Waals surface area (Å²) in [7, 11) is -1.10. The fraction of sp³-hybridized carbons (Fsp3) is 0.417. The second-order valence-corrected chi connectivity index (χ2v) is 8.64. The van der Waals surface area contributed by atoms with Crippen LogP contribution in [0.2, 0.25) is 19.6 Å². The first-order valence-electron chi connectivity index (χ1n) is 4.54. The van der Waals surface area contributed by atoms with Crippen LogP contribution in [-0.4, -0.2) is 20.7 Å². The normalized spacial score (nSPS) is 7.00. The molecule has 20 heavy (non-hydrogen) atoms. The summed E-state index contributed by atoms with van der Waals surface area (Å²) < 4.78 is 34.7. The van der Waals surface area contributed by atoms with Crippen LogP contribution in [0, 0.1) is 26.6 Å². The number of ether oxygens (including phenoxy) is 1. The van der Waals surface area contributed by atoms with Crippen LogP contribution in [0.3, 0.4) is 0 Å². The molecule has 0 aromatic heterocycles. The molecule has 0 bridgehead atoms. The molecule has 0 spiro atoms. The number of esters is 1. The summed E-state index contributed by atoms with van der Waals surface area (Å²) in [5.41, 5.74) is 2.16. The van der Waals surface area contributed by atoms with Gasteiger partial charge in [0.25, 0.3) is 0 Å². The fourth-order valence-electron chi connectivity index (χ4n) is 0.567. The number of carbonyl (C=O) groups is 1. The smallest absolute Gasteiger partial charge is 0 e. The first-order valence-corrected chi connectivity index (χ1v) is 8.12. The minimum absolute atomic E-state index is 0. The van der Waals surface area contributed by atoms with Crippen LogP contribution >= 0.6 is 0 Å². The van der Waals surface area contributed by atoms with Crippen molar-refractivity contribution >= 4 is 14.0 Å². The summed E-state index contributed by atoms with van der Waals surface area (Å²) in [5, 5.41) is 0. The Balaban J connectivity index is -0.0000000467. The molecule has 0 aliphatic rings. The van der Waals surface area contributed by atoms with E-state index in [1.807, 2.05) is 6.08 Å². The number of hydrogen-bond acceptors (Lipinski definition) is 2. The van der Waals surface area contributed by atoms with E-state index in [1.165, 1.54) is 6.92 Å². The third-order valence-corrected chi connectivity index (χ3v) is 2.24. The summed E-state index contributed by atoms with van der Waals surface area (Å²) in [6.07, 6.45) is 1.92. The minimum atomic E-state index is -1.10. The molecule has 0 aromatic rings. The Hall–Kier alpha value is -1.09. The van der Waals surface area contributed by atoms with E-state index in [1.54, 1.807) is 0 Å². The Morgan fingerprint density at radius 2 is 1.30 bits per heavy atom. The molecular formula is C12H16FeO6Si. The van der Waals surface area contributed by atoms with E-state index in [4.69, 9.17) is 23.3 Å². The van der Waals surface area contributed by atoms with E-state index >= 15 is 0 Å². The number of carbonyl (C=O) groups excluding carboxylic acids is 1. The molecule has 112 valence electrons. The molecule has 0 aliphatic heterocycles. The molecule has 0 aromatic carbocycles.